The van der Waals surface area contributed by atoms with Crippen LogP contribution in [0.4, 0.5) is 5.69 Å². The van der Waals surface area contributed by atoms with Gasteiger partial charge in [0.2, 0.25) is 0 Å². The molecule has 3 aromatic heterocycles. The Morgan fingerprint density at radius 2 is 1.74 bits per heavy atom. The molecule has 5 rings (SSSR count). The van der Waals surface area contributed by atoms with Gasteiger partial charge in [0.15, 0.2) is 23.1 Å². The molecule has 0 aliphatic heterocycles. The number of nitrogens with zero attached hydrogens (tertiary/aromatic N) is 4. The van der Waals surface area contributed by atoms with Crippen LogP contribution in [0.2, 0.25) is 0 Å². The molecule has 150 valence electrons. The third kappa shape index (κ3) is 3.82. The van der Waals surface area contributed by atoms with Crippen molar-refractivity contribution in [1.82, 2.24) is 25.3 Å². The molecular formula is C23H16N6O2. The largest absolute Gasteiger partial charge is 0.355 e. The molecule has 0 spiro atoms. The van der Waals surface area contributed by atoms with Crippen LogP contribution in [0, 0.1) is 0 Å². The first kappa shape index (κ1) is 18.4. The zero-order valence-electron chi connectivity index (χ0n) is 16.2. The number of rotatable bonds is 5. The molecule has 0 atom stereocenters. The molecule has 8 heteroatoms. The fourth-order valence-electron chi connectivity index (χ4n) is 3.11. The monoisotopic (exact) mass is 408 g/mol. The van der Waals surface area contributed by atoms with Crippen molar-refractivity contribution >= 4 is 11.6 Å². The lowest BCUT2D eigenvalue weighted by Gasteiger charge is -2.07. The number of nitrogens with one attached hydrogen (secondary N) is 2. The summed E-state index contributed by atoms with van der Waals surface area (Å²) >= 11 is 0. The summed E-state index contributed by atoms with van der Waals surface area (Å²) in [6.07, 6.45) is 3.31. The Morgan fingerprint density at radius 3 is 2.58 bits per heavy atom. The SMILES string of the molecule is O=C(Nc1ccccc1-c1nc(-c2ccccc2)n[nH]1)c1cc(-c2cccnc2)on1. The predicted octanol–water partition coefficient (Wildman–Crippen LogP) is 4.44. The van der Waals surface area contributed by atoms with Crippen LogP contribution < -0.4 is 5.32 Å². The highest BCUT2D eigenvalue weighted by atomic mass is 16.5. The van der Waals surface area contributed by atoms with Crippen LogP contribution in [0.3, 0.4) is 0 Å². The molecule has 5 aromatic rings. The molecule has 2 N–H and O–H groups in total. The maximum absolute atomic E-state index is 12.8. The number of amides is 1. The standard InChI is InChI=1S/C23H16N6O2/c30-23(19-13-20(31-29-19)16-9-6-12-24-14-16)25-18-11-5-4-10-17(18)22-26-21(27-28-22)15-7-2-1-3-8-15/h1-14H,(H,25,30)(H,26,27,28). The highest BCUT2D eigenvalue weighted by molar-refractivity contribution is 6.05. The van der Waals surface area contributed by atoms with Crippen molar-refractivity contribution in [3.63, 3.8) is 0 Å². The van der Waals surface area contributed by atoms with Gasteiger partial charge in [-0.05, 0) is 24.3 Å². The van der Waals surface area contributed by atoms with Crippen LogP contribution >= 0.6 is 0 Å². The van der Waals surface area contributed by atoms with Gasteiger partial charge in [-0.1, -0.05) is 47.6 Å². The summed E-state index contributed by atoms with van der Waals surface area (Å²) < 4.78 is 5.30. The molecule has 0 aliphatic rings. The number of para-hydroxylation sites is 1. The van der Waals surface area contributed by atoms with Gasteiger partial charge in [0.1, 0.15) is 0 Å². The van der Waals surface area contributed by atoms with E-state index >= 15 is 0 Å². The van der Waals surface area contributed by atoms with Gasteiger partial charge < -0.3 is 9.84 Å². The Hall–Kier alpha value is -4.59. The first-order valence-electron chi connectivity index (χ1n) is 9.53. The van der Waals surface area contributed by atoms with E-state index in [1.807, 2.05) is 54.6 Å². The maximum atomic E-state index is 12.8. The number of anilines is 1. The summed E-state index contributed by atoms with van der Waals surface area (Å²) in [5.41, 5.74) is 3.09. The van der Waals surface area contributed by atoms with Crippen molar-refractivity contribution in [2.75, 3.05) is 5.32 Å². The van der Waals surface area contributed by atoms with Gasteiger partial charge in [-0.15, -0.1) is 0 Å². The van der Waals surface area contributed by atoms with Gasteiger partial charge in [0, 0.05) is 35.2 Å². The van der Waals surface area contributed by atoms with E-state index in [1.54, 1.807) is 30.6 Å². The normalized spacial score (nSPS) is 10.7. The van der Waals surface area contributed by atoms with Crippen molar-refractivity contribution in [3.8, 4) is 34.1 Å². The lowest BCUT2D eigenvalue weighted by atomic mass is 10.1. The Morgan fingerprint density at radius 1 is 0.935 bits per heavy atom. The Kier molecular flexibility index (Phi) is 4.78. The summed E-state index contributed by atoms with van der Waals surface area (Å²) in [6.45, 7) is 0. The Labute approximate surface area is 177 Å². The van der Waals surface area contributed by atoms with Crippen LogP contribution in [0.1, 0.15) is 10.5 Å². The maximum Gasteiger partial charge on any atom is 0.277 e. The molecule has 2 aromatic carbocycles. The number of benzene rings is 2. The molecule has 1 amide bonds. The minimum absolute atomic E-state index is 0.163. The first-order valence-corrected chi connectivity index (χ1v) is 9.53. The second-order valence-electron chi connectivity index (χ2n) is 6.69. The van der Waals surface area contributed by atoms with Crippen LogP contribution in [0.5, 0.6) is 0 Å². The molecule has 31 heavy (non-hydrogen) atoms. The summed E-state index contributed by atoms with van der Waals surface area (Å²) in [6, 6.07) is 22.2. The van der Waals surface area contributed by atoms with Crippen LogP contribution in [-0.4, -0.2) is 31.2 Å². The summed E-state index contributed by atoms with van der Waals surface area (Å²) in [7, 11) is 0. The molecule has 8 nitrogen and oxygen atoms in total. The molecular weight excluding hydrogens is 392 g/mol. The van der Waals surface area contributed by atoms with Gasteiger partial charge in [0.25, 0.3) is 5.91 Å². The van der Waals surface area contributed by atoms with E-state index in [0.29, 0.717) is 28.7 Å². The topological polar surface area (TPSA) is 110 Å². The zero-order chi connectivity index (χ0) is 21.0. The molecule has 0 saturated heterocycles. The van der Waals surface area contributed by atoms with Crippen LogP contribution in [-0.2, 0) is 0 Å². The fraction of sp³-hybridized carbons (Fsp3) is 0. The molecule has 0 bridgehead atoms. The third-order valence-electron chi connectivity index (χ3n) is 4.64. The van der Waals surface area contributed by atoms with E-state index in [0.717, 1.165) is 11.1 Å². The lowest BCUT2D eigenvalue weighted by molar-refractivity contribution is 0.101. The molecule has 0 unspecified atom stereocenters. The number of hydrogen-bond donors (Lipinski definition) is 2. The Bertz CT molecular complexity index is 1330. The number of H-pyrrole nitrogens is 1. The lowest BCUT2D eigenvalue weighted by Crippen LogP contribution is -2.13. The van der Waals surface area contributed by atoms with Crippen LogP contribution in [0.15, 0.2) is 89.7 Å². The van der Waals surface area contributed by atoms with Crippen molar-refractivity contribution in [2.24, 2.45) is 0 Å². The van der Waals surface area contributed by atoms with E-state index in [4.69, 9.17) is 4.52 Å². The zero-order valence-corrected chi connectivity index (χ0v) is 16.2. The van der Waals surface area contributed by atoms with Gasteiger partial charge >= 0.3 is 0 Å². The second kappa shape index (κ2) is 8.03. The van der Waals surface area contributed by atoms with Crippen molar-refractivity contribution in [1.29, 1.82) is 0 Å². The summed E-state index contributed by atoms with van der Waals surface area (Å²) in [5.74, 6) is 1.20. The number of pyridine rings is 1. The number of hydrogen-bond acceptors (Lipinski definition) is 6. The van der Waals surface area contributed by atoms with E-state index in [-0.39, 0.29) is 5.69 Å². The Balaban J connectivity index is 1.40. The van der Waals surface area contributed by atoms with Crippen molar-refractivity contribution < 1.29 is 9.32 Å². The van der Waals surface area contributed by atoms with Gasteiger partial charge in [0.05, 0.1) is 5.69 Å². The minimum Gasteiger partial charge on any atom is -0.355 e. The number of aromatic amines is 1. The minimum atomic E-state index is -0.394. The number of carbonyl (C=O) groups is 1. The molecule has 0 radical (unpaired) electrons. The summed E-state index contributed by atoms with van der Waals surface area (Å²) in [4.78, 5) is 21.4. The van der Waals surface area contributed by atoms with Crippen LogP contribution in [0.25, 0.3) is 34.1 Å². The highest BCUT2D eigenvalue weighted by Crippen LogP contribution is 2.27. The average Bonchev–Trinajstić information content (AvgIpc) is 3.51. The van der Waals surface area contributed by atoms with Crippen molar-refractivity contribution in [2.45, 2.75) is 0 Å². The van der Waals surface area contributed by atoms with E-state index in [2.05, 4.69) is 30.6 Å². The molecule has 0 aliphatic carbocycles. The number of carbonyl (C=O) groups excluding carboxylic acids is 1. The van der Waals surface area contributed by atoms with E-state index in [1.165, 1.54) is 0 Å². The summed E-state index contributed by atoms with van der Waals surface area (Å²) in [5, 5.41) is 14.0. The van der Waals surface area contributed by atoms with Gasteiger partial charge in [-0.25, -0.2) is 4.98 Å². The van der Waals surface area contributed by atoms with Gasteiger partial charge in [-0.3, -0.25) is 14.9 Å². The highest BCUT2D eigenvalue weighted by Gasteiger charge is 2.17. The third-order valence-corrected chi connectivity index (χ3v) is 4.64. The van der Waals surface area contributed by atoms with E-state index < -0.39 is 5.91 Å². The second-order valence-corrected chi connectivity index (χ2v) is 6.69. The average molecular weight is 408 g/mol. The first-order chi connectivity index (χ1) is 15.3. The van der Waals surface area contributed by atoms with Gasteiger partial charge in [-0.2, -0.15) is 5.10 Å². The predicted molar refractivity (Wildman–Crippen MR) is 115 cm³/mol. The fourth-order valence-corrected chi connectivity index (χ4v) is 3.11. The quantitative estimate of drug-likeness (QED) is 0.445. The van der Waals surface area contributed by atoms with Crippen molar-refractivity contribution in [3.05, 3.63) is 90.9 Å². The molecule has 3 heterocycles. The smallest absolute Gasteiger partial charge is 0.277 e. The number of aromatic nitrogens is 5. The van der Waals surface area contributed by atoms with E-state index in [9.17, 15) is 4.79 Å². The molecule has 0 saturated carbocycles. The molecule has 0 fully saturated rings.